The zero-order valence-electron chi connectivity index (χ0n) is 10.6. The number of hydrogen-bond donors (Lipinski definition) is 2. The van der Waals surface area contributed by atoms with Crippen LogP contribution in [0.4, 0.5) is 10.7 Å². The fraction of sp³-hybridized carbons (Fsp3) is 0.462. The average Bonchev–Trinajstić information content (AvgIpc) is 2.43. The first-order valence-electron chi connectivity index (χ1n) is 6.46. The van der Waals surface area contributed by atoms with Crippen molar-refractivity contribution >= 4 is 27.9 Å². The Hall–Kier alpha value is -1.43. The molecule has 0 radical (unpaired) electrons. The Morgan fingerprint density at radius 3 is 2.63 bits per heavy atom. The minimum absolute atomic E-state index is 0.284. The second-order valence-corrected chi connectivity index (χ2v) is 5.50. The third-order valence-electron chi connectivity index (χ3n) is 3.08. The van der Waals surface area contributed by atoms with Gasteiger partial charge in [-0.05, 0) is 34.7 Å². The van der Waals surface area contributed by atoms with Crippen molar-refractivity contribution in [1.29, 1.82) is 0 Å². The molecule has 0 aliphatic heterocycles. The molecule has 1 aliphatic rings. The van der Waals surface area contributed by atoms with Crippen LogP contribution in [-0.4, -0.2) is 16.0 Å². The van der Waals surface area contributed by atoms with Crippen LogP contribution in [0.5, 0.6) is 0 Å². The number of hydrogen-bond acceptors (Lipinski definition) is 3. The van der Waals surface area contributed by atoms with Crippen molar-refractivity contribution in [3.05, 3.63) is 29.1 Å². The highest BCUT2D eigenvalue weighted by Gasteiger charge is 2.09. The van der Waals surface area contributed by atoms with E-state index in [4.69, 9.17) is 0 Å². The van der Waals surface area contributed by atoms with E-state index < -0.39 is 0 Å². The topological polar surface area (TPSA) is 66.9 Å². The van der Waals surface area contributed by atoms with Crippen LogP contribution in [0.1, 0.15) is 32.1 Å². The molecule has 0 saturated heterocycles. The van der Waals surface area contributed by atoms with Gasteiger partial charge in [0.05, 0.1) is 4.47 Å². The Labute approximate surface area is 121 Å². The van der Waals surface area contributed by atoms with Crippen LogP contribution >= 0.6 is 15.9 Å². The van der Waals surface area contributed by atoms with E-state index in [9.17, 15) is 4.79 Å². The number of carbonyl (C=O) groups is 1. The van der Waals surface area contributed by atoms with Gasteiger partial charge in [-0.25, -0.2) is 14.8 Å². The van der Waals surface area contributed by atoms with E-state index in [2.05, 4.69) is 42.6 Å². The maximum absolute atomic E-state index is 11.6. The number of amides is 2. The predicted octanol–water partition coefficient (Wildman–Crippen LogP) is 3.45. The summed E-state index contributed by atoms with van der Waals surface area (Å²) in [4.78, 5) is 19.5. The Morgan fingerprint density at radius 2 is 1.95 bits per heavy atom. The Kier molecular flexibility index (Phi) is 5.32. The molecule has 0 unspecified atom stereocenters. The van der Waals surface area contributed by atoms with E-state index in [1.54, 1.807) is 18.6 Å². The number of aromatic nitrogens is 2. The number of rotatable bonds is 3. The minimum Gasteiger partial charge on any atom is -0.315 e. The van der Waals surface area contributed by atoms with Crippen LogP contribution in [0.3, 0.4) is 0 Å². The summed E-state index contributed by atoms with van der Waals surface area (Å²) in [5, 5.41) is 5.23. The SMILES string of the molecule is O=C(N/C=C/C1CCCCC1)Nc1ncc(Br)cn1. The first kappa shape index (κ1) is 14.0. The van der Waals surface area contributed by atoms with Crippen molar-refractivity contribution in [3.63, 3.8) is 0 Å². The molecule has 2 rings (SSSR count). The van der Waals surface area contributed by atoms with E-state index in [-0.39, 0.29) is 12.0 Å². The fourth-order valence-corrected chi connectivity index (χ4v) is 2.31. The summed E-state index contributed by atoms with van der Waals surface area (Å²) in [6.07, 6.45) is 13.3. The van der Waals surface area contributed by atoms with Gasteiger partial charge in [0.25, 0.3) is 0 Å². The molecule has 102 valence electrons. The van der Waals surface area contributed by atoms with E-state index >= 15 is 0 Å². The molecule has 1 heterocycles. The predicted molar refractivity (Wildman–Crippen MR) is 77.6 cm³/mol. The smallest absolute Gasteiger partial charge is 0.315 e. The van der Waals surface area contributed by atoms with Crippen molar-refractivity contribution in [2.24, 2.45) is 5.92 Å². The molecule has 5 nitrogen and oxygen atoms in total. The number of carbonyl (C=O) groups excluding carboxylic acids is 1. The van der Waals surface area contributed by atoms with E-state index in [0.29, 0.717) is 5.92 Å². The fourth-order valence-electron chi connectivity index (χ4n) is 2.10. The Morgan fingerprint density at radius 1 is 1.26 bits per heavy atom. The zero-order valence-corrected chi connectivity index (χ0v) is 12.2. The molecule has 2 amide bonds. The Balaban J connectivity index is 1.74. The summed E-state index contributed by atoms with van der Waals surface area (Å²) in [6.45, 7) is 0. The number of nitrogens with one attached hydrogen (secondary N) is 2. The number of allylic oxidation sites excluding steroid dienone is 1. The lowest BCUT2D eigenvalue weighted by atomic mass is 9.89. The molecule has 6 heteroatoms. The molecule has 1 saturated carbocycles. The highest BCUT2D eigenvalue weighted by Crippen LogP contribution is 2.24. The van der Waals surface area contributed by atoms with Crippen LogP contribution in [0.25, 0.3) is 0 Å². The third kappa shape index (κ3) is 4.98. The van der Waals surface area contributed by atoms with E-state index in [1.807, 2.05) is 0 Å². The normalized spacial score (nSPS) is 16.5. The maximum atomic E-state index is 11.6. The van der Waals surface area contributed by atoms with Crippen molar-refractivity contribution in [1.82, 2.24) is 15.3 Å². The molecule has 0 bridgehead atoms. The lowest BCUT2D eigenvalue weighted by molar-refractivity contribution is 0.255. The molecule has 0 atom stereocenters. The summed E-state index contributed by atoms with van der Waals surface area (Å²) in [5.41, 5.74) is 0. The van der Waals surface area contributed by atoms with Gasteiger partial charge in [0.1, 0.15) is 0 Å². The Bertz CT molecular complexity index is 440. The minimum atomic E-state index is -0.325. The molecule has 0 aromatic carbocycles. The number of nitrogens with zero attached hydrogens (tertiary/aromatic N) is 2. The van der Waals surface area contributed by atoms with Crippen LogP contribution in [0, 0.1) is 5.92 Å². The van der Waals surface area contributed by atoms with E-state index in [1.165, 1.54) is 32.1 Å². The monoisotopic (exact) mass is 324 g/mol. The summed E-state index contributed by atoms with van der Waals surface area (Å²) < 4.78 is 0.774. The van der Waals surface area contributed by atoms with Gasteiger partial charge in [0.15, 0.2) is 0 Å². The first-order chi connectivity index (χ1) is 9.24. The molecule has 2 N–H and O–H groups in total. The summed E-state index contributed by atoms with van der Waals surface area (Å²) in [5.74, 6) is 0.879. The molecule has 1 aliphatic carbocycles. The van der Waals surface area contributed by atoms with Crippen LogP contribution in [0.2, 0.25) is 0 Å². The molecule has 1 fully saturated rings. The van der Waals surface area contributed by atoms with Crippen molar-refractivity contribution in [2.75, 3.05) is 5.32 Å². The van der Waals surface area contributed by atoms with Crippen molar-refractivity contribution < 1.29 is 4.79 Å². The van der Waals surface area contributed by atoms with Gasteiger partial charge in [-0.1, -0.05) is 25.3 Å². The van der Waals surface area contributed by atoms with Crippen molar-refractivity contribution in [3.8, 4) is 0 Å². The first-order valence-corrected chi connectivity index (χ1v) is 7.25. The highest BCUT2D eigenvalue weighted by atomic mass is 79.9. The lowest BCUT2D eigenvalue weighted by Gasteiger charge is -2.17. The average molecular weight is 325 g/mol. The summed E-state index contributed by atoms with van der Waals surface area (Å²) >= 11 is 3.23. The number of urea groups is 1. The van der Waals surface area contributed by atoms with Gasteiger partial charge in [0.2, 0.25) is 5.95 Å². The molecular formula is C13H17BrN4O. The maximum Gasteiger partial charge on any atom is 0.325 e. The van der Waals surface area contributed by atoms with Gasteiger partial charge in [-0.3, -0.25) is 5.32 Å². The highest BCUT2D eigenvalue weighted by molar-refractivity contribution is 9.10. The summed E-state index contributed by atoms with van der Waals surface area (Å²) in [7, 11) is 0. The molecule has 0 spiro atoms. The van der Waals surface area contributed by atoms with E-state index in [0.717, 1.165) is 4.47 Å². The zero-order chi connectivity index (χ0) is 13.5. The van der Waals surface area contributed by atoms with Crippen molar-refractivity contribution in [2.45, 2.75) is 32.1 Å². The van der Waals surface area contributed by atoms with Gasteiger partial charge in [-0.2, -0.15) is 0 Å². The summed E-state index contributed by atoms with van der Waals surface area (Å²) in [6, 6.07) is -0.325. The largest absolute Gasteiger partial charge is 0.325 e. The molecular weight excluding hydrogens is 308 g/mol. The number of anilines is 1. The second-order valence-electron chi connectivity index (χ2n) is 4.58. The van der Waals surface area contributed by atoms with Gasteiger partial charge in [-0.15, -0.1) is 0 Å². The second kappa shape index (κ2) is 7.23. The molecule has 19 heavy (non-hydrogen) atoms. The van der Waals surface area contributed by atoms with Gasteiger partial charge < -0.3 is 5.32 Å². The lowest BCUT2D eigenvalue weighted by Crippen LogP contribution is -2.25. The van der Waals surface area contributed by atoms with Crippen LogP contribution in [0.15, 0.2) is 29.1 Å². The quantitative estimate of drug-likeness (QED) is 0.894. The number of halogens is 1. The van der Waals surface area contributed by atoms with Crippen LogP contribution in [-0.2, 0) is 0 Å². The van der Waals surface area contributed by atoms with Gasteiger partial charge in [0, 0.05) is 18.6 Å². The standard InChI is InChI=1S/C13H17BrN4O/c14-11-8-16-12(17-9-11)18-13(19)15-7-6-10-4-2-1-3-5-10/h6-10H,1-5H2,(H2,15,16,17,18,19)/b7-6+. The van der Waals surface area contributed by atoms with Gasteiger partial charge >= 0.3 is 6.03 Å². The molecule has 1 aromatic heterocycles. The third-order valence-corrected chi connectivity index (χ3v) is 3.49. The van der Waals surface area contributed by atoms with Crippen LogP contribution < -0.4 is 10.6 Å². The molecule has 1 aromatic rings.